The zero-order chi connectivity index (χ0) is 17.5. The molecule has 3 fully saturated rings. The Bertz CT molecular complexity index is 767. The minimum atomic E-state index is 0.0155. The van der Waals surface area contributed by atoms with Gasteiger partial charge in [0, 0.05) is 19.0 Å². The highest BCUT2D eigenvalue weighted by Crippen LogP contribution is 2.58. The number of carbonyl (C=O) groups is 1. The number of fused-ring (bicyclic) bond motifs is 6. The molecule has 2 bridgehead atoms. The van der Waals surface area contributed by atoms with E-state index >= 15 is 0 Å². The first-order valence-electron chi connectivity index (χ1n) is 10.3. The van der Waals surface area contributed by atoms with Crippen molar-refractivity contribution in [2.45, 2.75) is 51.0 Å². The van der Waals surface area contributed by atoms with Gasteiger partial charge in [-0.3, -0.25) is 0 Å². The number of aryl methyl sites for hydroxylation is 1. The van der Waals surface area contributed by atoms with Crippen LogP contribution >= 0.6 is 0 Å². The van der Waals surface area contributed by atoms with E-state index in [1.165, 1.54) is 32.1 Å². The van der Waals surface area contributed by atoms with Gasteiger partial charge in [-0.1, -0.05) is 18.6 Å². The second-order valence-electron chi connectivity index (χ2n) is 8.46. The van der Waals surface area contributed by atoms with E-state index in [1.807, 2.05) is 24.3 Å². The number of carbonyl (C=O) groups excluding carboxylic acids is 1. The summed E-state index contributed by atoms with van der Waals surface area (Å²) < 4.78 is 0. The van der Waals surface area contributed by atoms with Gasteiger partial charge >= 0.3 is 6.03 Å². The monoisotopic (exact) mass is 352 g/mol. The number of H-pyrrole nitrogens is 1. The average molecular weight is 352 g/mol. The predicted molar refractivity (Wildman–Crippen MR) is 102 cm³/mol. The molecular formula is C21H28N4O. The Kier molecular flexibility index (Phi) is 4.10. The zero-order valence-electron chi connectivity index (χ0n) is 15.2. The fourth-order valence-corrected chi connectivity index (χ4v) is 6.04. The summed E-state index contributed by atoms with van der Waals surface area (Å²) in [5.74, 6) is 4.49. The number of imidazole rings is 1. The fraction of sp³-hybridized carbons (Fsp3) is 0.619. The molecule has 0 saturated heterocycles. The number of aromatic amines is 1. The number of urea groups is 1. The van der Waals surface area contributed by atoms with Gasteiger partial charge in [0.1, 0.15) is 5.82 Å². The Hall–Kier alpha value is -2.04. The van der Waals surface area contributed by atoms with Gasteiger partial charge in [-0.2, -0.15) is 0 Å². The van der Waals surface area contributed by atoms with Gasteiger partial charge < -0.3 is 15.6 Å². The van der Waals surface area contributed by atoms with Crippen LogP contribution in [0, 0.1) is 23.7 Å². The predicted octanol–water partition coefficient (Wildman–Crippen LogP) is 3.62. The van der Waals surface area contributed by atoms with Crippen LogP contribution in [0.2, 0.25) is 0 Å². The highest BCUT2D eigenvalue weighted by Gasteiger charge is 2.53. The van der Waals surface area contributed by atoms with Crippen molar-refractivity contribution in [1.82, 2.24) is 20.6 Å². The molecule has 3 aliphatic carbocycles. The molecule has 3 saturated carbocycles. The van der Waals surface area contributed by atoms with Crippen molar-refractivity contribution in [1.29, 1.82) is 0 Å². The SMILES string of the molecule is O=C(NCCCc1nc2ccccc2[nH]1)N[C@@H]1C[C@H]2C[C@H]1[C@@H]1CCC[C@@H]21. The fourth-order valence-electron chi connectivity index (χ4n) is 6.04. The van der Waals surface area contributed by atoms with E-state index in [4.69, 9.17) is 0 Å². The lowest BCUT2D eigenvalue weighted by molar-refractivity contribution is 0.198. The summed E-state index contributed by atoms with van der Waals surface area (Å²) in [6, 6.07) is 8.51. The van der Waals surface area contributed by atoms with Gasteiger partial charge in [0.25, 0.3) is 0 Å². The van der Waals surface area contributed by atoms with Crippen molar-refractivity contribution in [3.8, 4) is 0 Å². The largest absolute Gasteiger partial charge is 0.342 e. The normalized spacial score (nSPS) is 32.1. The molecule has 26 heavy (non-hydrogen) atoms. The van der Waals surface area contributed by atoms with E-state index in [0.717, 1.165) is 53.4 Å². The van der Waals surface area contributed by atoms with Gasteiger partial charge in [0.15, 0.2) is 0 Å². The van der Waals surface area contributed by atoms with Crippen LogP contribution in [0.3, 0.4) is 0 Å². The first kappa shape index (κ1) is 16.2. The Morgan fingerprint density at radius 3 is 2.96 bits per heavy atom. The van der Waals surface area contributed by atoms with Crippen LogP contribution < -0.4 is 10.6 Å². The molecule has 5 rings (SSSR count). The summed E-state index contributed by atoms with van der Waals surface area (Å²) in [5.41, 5.74) is 2.09. The maximum Gasteiger partial charge on any atom is 0.315 e. The van der Waals surface area contributed by atoms with Crippen LogP contribution in [-0.4, -0.2) is 28.6 Å². The van der Waals surface area contributed by atoms with Crippen molar-refractivity contribution >= 4 is 17.1 Å². The number of rotatable bonds is 5. The van der Waals surface area contributed by atoms with Crippen LogP contribution in [0.15, 0.2) is 24.3 Å². The number of para-hydroxylation sites is 2. The van der Waals surface area contributed by atoms with Crippen LogP contribution in [0.5, 0.6) is 0 Å². The number of hydrogen-bond donors (Lipinski definition) is 3. The Labute approximate surface area is 154 Å². The molecule has 3 aliphatic rings. The minimum absolute atomic E-state index is 0.0155. The molecule has 5 atom stereocenters. The third-order valence-electron chi connectivity index (χ3n) is 7.06. The van der Waals surface area contributed by atoms with Gasteiger partial charge in [0.2, 0.25) is 0 Å². The molecule has 5 heteroatoms. The highest BCUT2D eigenvalue weighted by molar-refractivity contribution is 5.75. The van der Waals surface area contributed by atoms with Gasteiger partial charge in [-0.15, -0.1) is 0 Å². The molecule has 3 N–H and O–H groups in total. The topological polar surface area (TPSA) is 69.8 Å². The summed E-state index contributed by atoms with van der Waals surface area (Å²) in [4.78, 5) is 20.2. The van der Waals surface area contributed by atoms with Crippen LogP contribution in [0.4, 0.5) is 4.79 Å². The van der Waals surface area contributed by atoms with Gasteiger partial charge in [-0.05, 0) is 67.9 Å². The quantitative estimate of drug-likeness (QED) is 0.719. The van der Waals surface area contributed by atoms with Crippen LogP contribution in [0.1, 0.15) is 44.3 Å². The number of amides is 2. The number of nitrogens with zero attached hydrogens (tertiary/aromatic N) is 1. The summed E-state index contributed by atoms with van der Waals surface area (Å²) in [5, 5.41) is 6.31. The van der Waals surface area contributed by atoms with Crippen LogP contribution in [-0.2, 0) is 6.42 Å². The van der Waals surface area contributed by atoms with E-state index < -0.39 is 0 Å². The molecule has 138 valence electrons. The van der Waals surface area contributed by atoms with Crippen molar-refractivity contribution in [2.24, 2.45) is 23.7 Å². The number of nitrogens with one attached hydrogen (secondary N) is 3. The molecular weight excluding hydrogens is 324 g/mol. The lowest BCUT2D eigenvalue weighted by Crippen LogP contribution is -2.47. The maximum atomic E-state index is 12.3. The summed E-state index contributed by atoms with van der Waals surface area (Å²) in [7, 11) is 0. The van der Waals surface area contributed by atoms with Gasteiger partial charge in [0.05, 0.1) is 11.0 Å². The van der Waals surface area contributed by atoms with Crippen molar-refractivity contribution in [3.05, 3.63) is 30.1 Å². The van der Waals surface area contributed by atoms with E-state index in [2.05, 4.69) is 20.6 Å². The molecule has 2 amide bonds. The number of benzene rings is 1. The second-order valence-corrected chi connectivity index (χ2v) is 8.46. The lowest BCUT2D eigenvalue weighted by atomic mass is 9.79. The molecule has 2 aromatic rings. The molecule has 0 spiro atoms. The summed E-state index contributed by atoms with van der Waals surface area (Å²) in [6.07, 6.45) is 8.55. The van der Waals surface area contributed by atoms with Gasteiger partial charge in [-0.25, -0.2) is 9.78 Å². The number of aromatic nitrogens is 2. The first-order valence-corrected chi connectivity index (χ1v) is 10.3. The molecule has 0 aliphatic heterocycles. The maximum absolute atomic E-state index is 12.3. The summed E-state index contributed by atoms with van der Waals surface area (Å²) in [6.45, 7) is 0.690. The Morgan fingerprint density at radius 1 is 1.15 bits per heavy atom. The smallest absolute Gasteiger partial charge is 0.315 e. The van der Waals surface area contributed by atoms with E-state index in [9.17, 15) is 4.79 Å². The zero-order valence-corrected chi connectivity index (χ0v) is 15.2. The molecule has 0 radical (unpaired) electrons. The summed E-state index contributed by atoms with van der Waals surface area (Å²) >= 11 is 0. The average Bonchev–Trinajstić information content (AvgIpc) is 3.38. The first-order chi connectivity index (χ1) is 12.8. The highest BCUT2D eigenvalue weighted by atomic mass is 16.2. The standard InChI is InChI=1S/C21H28N4O/c26-21(25-19-12-13-11-16(19)15-6-3-5-14(13)15)22-10-4-9-20-23-17-7-1-2-8-18(17)24-20/h1-2,7-8,13-16,19H,3-6,9-12H2,(H,23,24)(H2,22,25,26)/t13-,14+,15-,16+,19-/m1/s1. The van der Waals surface area contributed by atoms with Crippen molar-refractivity contribution in [3.63, 3.8) is 0 Å². The van der Waals surface area contributed by atoms with Crippen molar-refractivity contribution in [2.75, 3.05) is 6.54 Å². The molecule has 0 unspecified atom stereocenters. The number of hydrogen-bond acceptors (Lipinski definition) is 2. The third-order valence-corrected chi connectivity index (χ3v) is 7.06. The third kappa shape index (κ3) is 2.87. The molecule has 1 heterocycles. The second kappa shape index (κ2) is 6.60. The van der Waals surface area contributed by atoms with E-state index in [0.29, 0.717) is 12.6 Å². The Morgan fingerprint density at radius 2 is 2.04 bits per heavy atom. The van der Waals surface area contributed by atoms with E-state index in [1.54, 1.807) is 0 Å². The minimum Gasteiger partial charge on any atom is -0.342 e. The van der Waals surface area contributed by atoms with E-state index in [-0.39, 0.29) is 6.03 Å². The van der Waals surface area contributed by atoms with Crippen molar-refractivity contribution < 1.29 is 4.79 Å². The van der Waals surface area contributed by atoms with Crippen LogP contribution in [0.25, 0.3) is 11.0 Å². The lowest BCUT2D eigenvalue weighted by Gasteiger charge is -2.32. The molecule has 1 aromatic heterocycles. The molecule has 1 aromatic carbocycles. The molecule has 5 nitrogen and oxygen atoms in total. The Balaban J connectivity index is 1.06.